The van der Waals surface area contributed by atoms with Crippen molar-refractivity contribution in [3.05, 3.63) is 98.3 Å². The van der Waals surface area contributed by atoms with E-state index in [2.05, 4.69) is 15.1 Å². The molecule has 1 aliphatic rings. The number of nitrogens with one attached hydrogen (secondary N) is 2. The van der Waals surface area contributed by atoms with Gasteiger partial charge in [0.2, 0.25) is 11.8 Å². The average molecular weight is 443 g/mol. The second kappa shape index (κ2) is 7.94. The molecular formula is C24H21N5O4. The third-order valence-electron chi connectivity index (χ3n) is 5.86. The van der Waals surface area contributed by atoms with Gasteiger partial charge >= 0.3 is 5.69 Å². The van der Waals surface area contributed by atoms with Gasteiger partial charge in [0, 0.05) is 36.0 Å². The number of benzene rings is 2. The number of hydrazone groups is 1. The highest BCUT2D eigenvalue weighted by atomic mass is 16.3. The molecule has 0 saturated heterocycles. The molecule has 0 saturated carbocycles. The van der Waals surface area contributed by atoms with Crippen LogP contribution in [0.3, 0.4) is 0 Å². The Labute approximate surface area is 187 Å². The number of aromatic nitrogens is 3. The molecule has 0 unspecified atom stereocenters. The number of rotatable bonds is 4. The Bertz CT molecular complexity index is 1510. The monoisotopic (exact) mass is 443 g/mol. The minimum absolute atomic E-state index is 0.0743. The van der Waals surface area contributed by atoms with Crippen molar-refractivity contribution < 1.29 is 9.90 Å². The molecule has 3 heterocycles. The molecule has 166 valence electrons. The second-order valence-corrected chi connectivity index (χ2v) is 7.95. The summed E-state index contributed by atoms with van der Waals surface area (Å²) in [6, 6.07) is 16.4. The van der Waals surface area contributed by atoms with Crippen molar-refractivity contribution in [3.63, 3.8) is 0 Å². The molecule has 0 radical (unpaired) electrons. The molecule has 3 N–H and O–H groups in total. The summed E-state index contributed by atoms with van der Waals surface area (Å²) in [5.41, 5.74) is 1.21. The third-order valence-corrected chi connectivity index (χ3v) is 5.86. The van der Waals surface area contributed by atoms with E-state index in [0.29, 0.717) is 0 Å². The molecule has 9 nitrogen and oxygen atoms in total. The van der Waals surface area contributed by atoms with Gasteiger partial charge < -0.3 is 10.1 Å². The van der Waals surface area contributed by atoms with Crippen LogP contribution in [0.15, 0.2) is 75.5 Å². The first-order valence-corrected chi connectivity index (χ1v) is 10.5. The van der Waals surface area contributed by atoms with Crippen LogP contribution >= 0.6 is 0 Å². The number of fused-ring (bicyclic) bond motifs is 1. The number of carbonyl (C=O) groups excluding carboxylic acids is 1. The van der Waals surface area contributed by atoms with Crippen LogP contribution in [0, 0.1) is 0 Å². The first-order chi connectivity index (χ1) is 15.9. The largest absolute Gasteiger partial charge is 0.494 e. The summed E-state index contributed by atoms with van der Waals surface area (Å²) in [6.45, 7) is 1.47. The maximum Gasteiger partial charge on any atom is 0.331 e. The van der Waals surface area contributed by atoms with Crippen LogP contribution in [0.4, 0.5) is 0 Å². The van der Waals surface area contributed by atoms with Crippen LogP contribution in [0.1, 0.15) is 36.1 Å². The van der Waals surface area contributed by atoms with Gasteiger partial charge in [-0.05, 0) is 11.6 Å². The van der Waals surface area contributed by atoms with Gasteiger partial charge in [0.05, 0.1) is 18.3 Å². The van der Waals surface area contributed by atoms with E-state index in [0.717, 1.165) is 26.6 Å². The number of amides is 1. The van der Waals surface area contributed by atoms with Gasteiger partial charge in [-0.25, -0.2) is 9.80 Å². The van der Waals surface area contributed by atoms with Crippen LogP contribution in [0.2, 0.25) is 0 Å². The smallest absolute Gasteiger partial charge is 0.331 e. The third kappa shape index (κ3) is 3.53. The summed E-state index contributed by atoms with van der Waals surface area (Å²) in [6.07, 6.45) is 2.03. The molecule has 0 aliphatic carbocycles. The summed E-state index contributed by atoms with van der Waals surface area (Å²) >= 11 is 0. The normalized spacial score (nSPS) is 15.7. The lowest BCUT2D eigenvalue weighted by Gasteiger charge is -2.19. The molecule has 9 heteroatoms. The van der Waals surface area contributed by atoms with E-state index < -0.39 is 23.2 Å². The molecule has 0 bridgehead atoms. The van der Waals surface area contributed by atoms with Gasteiger partial charge in [-0.3, -0.25) is 19.1 Å². The lowest BCUT2D eigenvalue weighted by molar-refractivity contribution is -0.130. The van der Waals surface area contributed by atoms with Gasteiger partial charge in [-0.15, -0.1) is 0 Å². The first kappa shape index (κ1) is 20.5. The van der Waals surface area contributed by atoms with Gasteiger partial charge in [-0.2, -0.15) is 5.10 Å². The van der Waals surface area contributed by atoms with E-state index in [9.17, 15) is 19.5 Å². The fraction of sp³-hybridized carbons (Fsp3) is 0.167. The number of aromatic amines is 2. The van der Waals surface area contributed by atoms with E-state index in [4.69, 9.17) is 0 Å². The Morgan fingerprint density at radius 3 is 2.61 bits per heavy atom. The summed E-state index contributed by atoms with van der Waals surface area (Å²) in [7, 11) is 0. The van der Waals surface area contributed by atoms with Gasteiger partial charge in [0.1, 0.15) is 5.56 Å². The fourth-order valence-electron chi connectivity index (χ4n) is 4.30. The highest BCUT2D eigenvalue weighted by Gasteiger charge is 2.35. The highest BCUT2D eigenvalue weighted by molar-refractivity contribution is 6.04. The summed E-state index contributed by atoms with van der Waals surface area (Å²) in [4.78, 5) is 43.0. The number of H-pyrrole nitrogens is 2. The van der Waals surface area contributed by atoms with Crippen LogP contribution in [-0.2, 0) is 11.3 Å². The van der Waals surface area contributed by atoms with Crippen molar-refractivity contribution in [3.8, 4) is 5.88 Å². The lowest BCUT2D eigenvalue weighted by Crippen LogP contribution is -2.34. The van der Waals surface area contributed by atoms with Crippen LogP contribution in [0.25, 0.3) is 10.9 Å². The molecule has 0 fully saturated rings. The standard InChI is InChI=1S/C24H21N5O4/c1-14(30)29-20(17-12-25-18-10-6-5-9-16(17)18)11-19(27-29)21-22(31)26-24(33)28(23(21)32)13-15-7-3-2-4-8-15/h2-10,12,20,25,32H,11,13H2,1H3,(H,26,31,33)/t20-/m0/s1. The SMILES string of the molecule is CC(=O)N1N=C(c2c(O)n(Cc3ccccc3)c(=O)[nH]c2=O)C[C@H]1c1c[nH]c2ccccc12. The number of nitrogens with zero attached hydrogens (tertiary/aromatic N) is 3. The Balaban J connectivity index is 1.58. The van der Waals surface area contributed by atoms with Crippen LogP contribution in [-0.4, -0.2) is 36.3 Å². The zero-order valence-corrected chi connectivity index (χ0v) is 17.8. The van der Waals surface area contributed by atoms with E-state index in [1.807, 2.05) is 60.8 Å². The number of aromatic hydroxyl groups is 1. The second-order valence-electron chi connectivity index (χ2n) is 7.95. The van der Waals surface area contributed by atoms with Crippen molar-refractivity contribution in [2.75, 3.05) is 0 Å². The topological polar surface area (TPSA) is 124 Å². The van der Waals surface area contributed by atoms with E-state index in [1.54, 1.807) is 0 Å². The predicted octanol–water partition coefficient (Wildman–Crippen LogP) is 2.47. The lowest BCUT2D eigenvalue weighted by atomic mass is 9.98. The maximum atomic E-state index is 12.7. The minimum Gasteiger partial charge on any atom is -0.494 e. The molecular weight excluding hydrogens is 422 g/mol. The van der Waals surface area contributed by atoms with Gasteiger partial charge in [0.25, 0.3) is 5.56 Å². The number of hydrogen-bond acceptors (Lipinski definition) is 5. The van der Waals surface area contributed by atoms with Gasteiger partial charge in [-0.1, -0.05) is 48.5 Å². The van der Waals surface area contributed by atoms with Crippen molar-refractivity contribution >= 4 is 22.5 Å². The quantitative estimate of drug-likeness (QED) is 0.448. The Morgan fingerprint density at radius 2 is 1.85 bits per heavy atom. The summed E-state index contributed by atoms with van der Waals surface area (Å²) in [5, 5.41) is 17.6. The van der Waals surface area contributed by atoms with E-state index in [-0.39, 0.29) is 30.1 Å². The number of carbonyl (C=O) groups is 1. The highest BCUT2D eigenvalue weighted by Crippen LogP contribution is 2.37. The Kier molecular flexibility index (Phi) is 4.93. The zero-order valence-electron chi connectivity index (χ0n) is 17.8. The molecule has 2 aromatic carbocycles. The molecule has 4 aromatic rings. The molecule has 0 spiro atoms. The predicted molar refractivity (Wildman–Crippen MR) is 123 cm³/mol. The van der Waals surface area contributed by atoms with E-state index >= 15 is 0 Å². The summed E-state index contributed by atoms with van der Waals surface area (Å²) in [5.74, 6) is -0.775. The summed E-state index contributed by atoms with van der Waals surface area (Å²) < 4.78 is 1.09. The minimum atomic E-state index is -0.747. The van der Waals surface area contributed by atoms with E-state index in [1.165, 1.54) is 11.9 Å². The molecule has 1 amide bonds. The maximum absolute atomic E-state index is 12.7. The van der Waals surface area contributed by atoms with Crippen molar-refractivity contribution in [1.29, 1.82) is 0 Å². The van der Waals surface area contributed by atoms with Crippen molar-refractivity contribution in [1.82, 2.24) is 19.5 Å². The molecule has 1 aliphatic heterocycles. The number of para-hydroxylation sites is 1. The van der Waals surface area contributed by atoms with Crippen molar-refractivity contribution in [2.24, 2.45) is 5.10 Å². The molecule has 2 aromatic heterocycles. The van der Waals surface area contributed by atoms with Crippen LogP contribution < -0.4 is 11.2 Å². The Morgan fingerprint density at radius 1 is 1.12 bits per heavy atom. The zero-order chi connectivity index (χ0) is 23.1. The molecule has 33 heavy (non-hydrogen) atoms. The van der Waals surface area contributed by atoms with Crippen LogP contribution in [0.5, 0.6) is 5.88 Å². The molecule has 1 atom stereocenters. The number of hydrogen-bond donors (Lipinski definition) is 3. The first-order valence-electron chi connectivity index (χ1n) is 10.5. The average Bonchev–Trinajstić information content (AvgIpc) is 3.42. The molecule has 5 rings (SSSR count). The van der Waals surface area contributed by atoms with Crippen molar-refractivity contribution in [2.45, 2.75) is 25.9 Å². The Hall–Kier alpha value is -4.40. The fourth-order valence-corrected chi connectivity index (χ4v) is 4.30. The van der Waals surface area contributed by atoms with Gasteiger partial charge in [0.15, 0.2) is 0 Å².